The van der Waals surface area contributed by atoms with E-state index in [1.807, 2.05) is 32.0 Å². The summed E-state index contributed by atoms with van der Waals surface area (Å²) in [5, 5.41) is 0.909. The minimum atomic E-state index is -3.24. The SMILES string of the molecule is CCOP(=O)(OCC)C1=C2CCCCN2CC1c1ccccc1. The van der Waals surface area contributed by atoms with Crippen LogP contribution in [0.15, 0.2) is 41.3 Å². The van der Waals surface area contributed by atoms with Crippen molar-refractivity contribution in [2.24, 2.45) is 0 Å². The van der Waals surface area contributed by atoms with E-state index in [1.165, 1.54) is 17.7 Å². The van der Waals surface area contributed by atoms with Crippen molar-refractivity contribution < 1.29 is 13.6 Å². The highest BCUT2D eigenvalue weighted by Gasteiger charge is 2.45. The van der Waals surface area contributed by atoms with E-state index < -0.39 is 7.60 Å². The molecule has 126 valence electrons. The Balaban J connectivity index is 2.07. The van der Waals surface area contributed by atoms with Gasteiger partial charge in [-0.2, -0.15) is 0 Å². The lowest BCUT2D eigenvalue weighted by molar-refractivity contribution is 0.225. The lowest BCUT2D eigenvalue weighted by Gasteiger charge is -2.28. The molecule has 0 spiro atoms. The van der Waals surface area contributed by atoms with Gasteiger partial charge >= 0.3 is 7.60 Å². The zero-order valence-corrected chi connectivity index (χ0v) is 14.9. The molecule has 0 amide bonds. The van der Waals surface area contributed by atoms with Gasteiger partial charge in [-0.15, -0.1) is 0 Å². The first-order chi connectivity index (χ1) is 11.2. The van der Waals surface area contributed by atoms with Crippen LogP contribution in [0.5, 0.6) is 0 Å². The third-order valence-corrected chi connectivity index (χ3v) is 6.95. The second kappa shape index (κ2) is 7.21. The Kier molecular flexibility index (Phi) is 5.25. The molecule has 0 bridgehead atoms. The number of rotatable bonds is 6. The van der Waals surface area contributed by atoms with Crippen LogP contribution in [0.25, 0.3) is 0 Å². The van der Waals surface area contributed by atoms with Crippen LogP contribution >= 0.6 is 7.60 Å². The monoisotopic (exact) mass is 335 g/mol. The number of hydrogen-bond acceptors (Lipinski definition) is 4. The molecule has 2 aliphatic rings. The predicted molar refractivity (Wildman–Crippen MR) is 92.5 cm³/mol. The number of nitrogens with zero attached hydrogens (tertiary/aromatic N) is 1. The van der Waals surface area contributed by atoms with E-state index in [4.69, 9.17) is 9.05 Å². The molecule has 1 unspecified atom stereocenters. The van der Waals surface area contributed by atoms with E-state index in [0.29, 0.717) is 13.2 Å². The summed E-state index contributed by atoms with van der Waals surface area (Å²) in [6, 6.07) is 10.3. The van der Waals surface area contributed by atoms with Crippen molar-refractivity contribution >= 4 is 7.60 Å². The van der Waals surface area contributed by atoms with Gasteiger partial charge in [0.1, 0.15) is 0 Å². The maximum Gasteiger partial charge on any atom is 0.359 e. The van der Waals surface area contributed by atoms with Gasteiger partial charge in [0.2, 0.25) is 0 Å². The number of fused-ring (bicyclic) bond motifs is 1. The number of piperidine rings is 1. The molecule has 1 saturated heterocycles. The molecular formula is C18H26NO3P. The summed E-state index contributed by atoms with van der Waals surface area (Å²) >= 11 is 0. The smallest absolute Gasteiger partial charge is 0.359 e. The Morgan fingerprint density at radius 3 is 2.48 bits per heavy atom. The van der Waals surface area contributed by atoms with E-state index in [0.717, 1.165) is 31.2 Å². The molecule has 0 saturated carbocycles. The Morgan fingerprint density at radius 1 is 1.13 bits per heavy atom. The third kappa shape index (κ3) is 3.26. The van der Waals surface area contributed by atoms with Gasteiger partial charge in [0.15, 0.2) is 0 Å². The molecule has 3 rings (SSSR count). The van der Waals surface area contributed by atoms with Crippen molar-refractivity contribution in [1.82, 2.24) is 4.90 Å². The minimum absolute atomic E-state index is 0.105. The highest BCUT2D eigenvalue weighted by molar-refractivity contribution is 7.58. The molecule has 2 heterocycles. The lowest BCUT2D eigenvalue weighted by atomic mass is 10.00. The molecule has 1 aromatic carbocycles. The topological polar surface area (TPSA) is 38.8 Å². The van der Waals surface area contributed by atoms with Gasteiger partial charge in [-0.3, -0.25) is 4.57 Å². The van der Waals surface area contributed by atoms with Gasteiger partial charge in [0.25, 0.3) is 0 Å². The van der Waals surface area contributed by atoms with Gasteiger partial charge in [0, 0.05) is 24.7 Å². The molecule has 0 aromatic heterocycles. The quantitative estimate of drug-likeness (QED) is 0.703. The first-order valence-electron chi connectivity index (χ1n) is 8.62. The van der Waals surface area contributed by atoms with Crippen molar-refractivity contribution in [3.05, 3.63) is 46.9 Å². The van der Waals surface area contributed by atoms with Crippen molar-refractivity contribution in [3.8, 4) is 0 Å². The Labute approximate surface area is 139 Å². The molecule has 0 radical (unpaired) electrons. The second-order valence-corrected chi connectivity index (χ2v) is 8.02. The van der Waals surface area contributed by atoms with Crippen LogP contribution in [0.2, 0.25) is 0 Å². The highest BCUT2D eigenvalue weighted by atomic mass is 31.2. The van der Waals surface area contributed by atoms with Gasteiger partial charge in [0.05, 0.1) is 18.5 Å². The summed E-state index contributed by atoms with van der Waals surface area (Å²) in [7, 11) is -3.24. The van der Waals surface area contributed by atoms with E-state index in [-0.39, 0.29) is 5.92 Å². The summed E-state index contributed by atoms with van der Waals surface area (Å²) in [6.07, 6.45) is 3.32. The van der Waals surface area contributed by atoms with Crippen molar-refractivity contribution in [3.63, 3.8) is 0 Å². The Bertz CT molecular complexity index is 604. The summed E-state index contributed by atoms with van der Waals surface area (Å²) in [6.45, 7) is 6.48. The van der Waals surface area contributed by atoms with Crippen LogP contribution in [-0.2, 0) is 13.6 Å². The van der Waals surface area contributed by atoms with E-state index in [2.05, 4.69) is 17.0 Å². The van der Waals surface area contributed by atoms with Crippen LogP contribution in [0.4, 0.5) is 0 Å². The van der Waals surface area contributed by atoms with Gasteiger partial charge in [-0.25, -0.2) is 0 Å². The number of hydrogen-bond donors (Lipinski definition) is 0. The number of allylic oxidation sites excluding steroid dienone is 1. The Morgan fingerprint density at radius 2 is 1.83 bits per heavy atom. The van der Waals surface area contributed by atoms with Crippen LogP contribution in [0.1, 0.15) is 44.6 Å². The molecule has 1 atom stereocenters. The molecule has 1 fully saturated rings. The molecular weight excluding hydrogens is 309 g/mol. The summed E-state index contributed by atoms with van der Waals surface area (Å²) < 4.78 is 24.9. The highest BCUT2D eigenvalue weighted by Crippen LogP contribution is 2.64. The second-order valence-electron chi connectivity index (χ2n) is 6.03. The maximum atomic E-state index is 13.5. The molecule has 1 aromatic rings. The van der Waals surface area contributed by atoms with Crippen molar-refractivity contribution in [2.75, 3.05) is 26.3 Å². The van der Waals surface area contributed by atoms with E-state index in [9.17, 15) is 4.57 Å². The average molecular weight is 335 g/mol. The first-order valence-corrected chi connectivity index (χ1v) is 10.2. The fourth-order valence-electron chi connectivity index (χ4n) is 3.70. The predicted octanol–water partition coefficient (Wildman–Crippen LogP) is 4.75. The maximum absolute atomic E-state index is 13.5. The zero-order chi connectivity index (χ0) is 16.3. The van der Waals surface area contributed by atoms with Crippen LogP contribution < -0.4 is 0 Å². The molecule has 5 heteroatoms. The minimum Gasteiger partial charge on any atom is -0.373 e. The van der Waals surface area contributed by atoms with Gasteiger partial charge < -0.3 is 13.9 Å². The summed E-state index contributed by atoms with van der Waals surface area (Å²) in [5.74, 6) is 0.105. The van der Waals surface area contributed by atoms with Gasteiger partial charge in [-0.1, -0.05) is 30.3 Å². The lowest BCUT2D eigenvalue weighted by Crippen LogP contribution is -2.26. The van der Waals surface area contributed by atoms with Crippen LogP contribution in [0, 0.1) is 0 Å². The summed E-state index contributed by atoms with van der Waals surface area (Å²) in [5.41, 5.74) is 2.40. The average Bonchev–Trinajstić information content (AvgIpc) is 2.96. The van der Waals surface area contributed by atoms with Crippen LogP contribution in [0.3, 0.4) is 0 Å². The van der Waals surface area contributed by atoms with E-state index >= 15 is 0 Å². The van der Waals surface area contributed by atoms with Crippen LogP contribution in [-0.4, -0.2) is 31.2 Å². The van der Waals surface area contributed by atoms with E-state index in [1.54, 1.807) is 0 Å². The molecule has 0 N–H and O–H groups in total. The zero-order valence-electron chi connectivity index (χ0n) is 14.0. The Hall–Kier alpha value is -1.09. The first kappa shape index (κ1) is 16.8. The molecule has 2 aliphatic heterocycles. The normalized spacial score (nSPS) is 21.7. The third-order valence-electron chi connectivity index (χ3n) is 4.60. The fourth-order valence-corrected chi connectivity index (χ4v) is 5.92. The fraction of sp³-hybridized carbons (Fsp3) is 0.556. The number of benzene rings is 1. The molecule has 0 aliphatic carbocycles. The molecule has 4 nitrogen and oxygen atoms in total. The largest absolute Gasteiger partial charge is 0.373 e. The molecule has 23 heavy (non-hydrogen) atoms. The van der Waals surface area contributed by atoms with Crippen molar-refractivity contribution in [1.29, 1.82) is 0 Å². The standard InChI is InChI=1S/C18H26NO3P/c1-3-21-23(20,22-4-2)18-16(15-10-6-5-7-11-15)14-19-13-9-8-12-17(18)19/h5-7,10-11,16H,3-4,8-9,12-14H2,1-2H3. The summed E-state index contributed by atoms with van der Waals surface area (Å²) in [4.78, 5) is 2.39. The van der Waals surface area contributed by atoms with Gasteiger partial charge in [-0.05, 0) is 38.7 Å². The van der Waals surface area contributed by atoms with Crippen molar-refractivity contribution in [2.45, 2.75) is 39.0 Å².